The molecular formula is C16H32N2O2. The molecule has 3 atom stereocenters. The fourth-order valence-electron chi connectivity index (χ4n) is 2.85. The van der Waals surface area contributed by atoms with Crippen molar-refractivity contribution in [3.63, 3.8) is 0 Å². The number of carbonyl (C=O) groups is 1. The van der Waals surface area contributed by atoms with Gasteiger partial charge in [-0.15, -0.1) is 0 Å². The molecule has 0 saturated heterocycles. The fourth-order valence-corrected chi connectivity index (χ4v) is 2.85. The van der Waals surface area contributed by atoms with Crippen LogP contribution in [0.1, 0.15) is 73.1 Å². The van der Waals surface area contributed by atoms with Crippen LogP contribution in [0.25, 0.3) is 0 Å². The van der Waals surface area contributed by atoms with Crippen molar-refractivity contribution in [3.8, 4) is 0 Å². The molecule has 0 radical (unpaired) electrons. The molecule has 0 aliphatic heterocycles. The summed E-state index contributed by atoms with van der Waals surface area (Å²) in [6.45, 7) is 10.1. The van der Waals surface area contributed by atoms with Crippen LogP contribution in [-0.2, 0) is 4.74 Å². The Morgan fingerprint density at radius 3 is 2.45 bits per heavy atom. The standard InChI is InChI=1S/C16H32N2O2/c1-6-9-12(7-2)17-13-10-8-11-14(13)18-15(19)20-16(3,4)5/h12-14,17H,6-11H2,1-5H3,(H,18,19). The second kappa shape index (κ2) is 7.87. The molecule has 1 fully saturated rings. The molecule has 0 spiro atoms. The molecule has 0 heterocycles. The first-order valence-electron chi connectivity index (χ1n) is 8.11. The summed E-state index contributed by atoms with van der Waals surface area (Å²) in [5, 5.41) is 6.75. The second-order valence-corrected chi connectivity index (χ2v) is 6.85. The third-order valence-electron chi connectivity index (χ3n) is 3.80. The average Bonchev–Trinajstić information content (AvgIpc) is 2.73. The highest BCUT2D eigenvalue weighted by atomic mass is 16.6. The second-order valence-electron chi connectivity index (χ2n) is 6.85. The van der Waals surface area contributed by atoms with Crippen LogP contribution in [0.3, 0.4) is 0 Å². The monoisotopic (exact) mass is 284 g/mol. The minimum Gasteiger partial charge on any atom is -0.444 e. The minimum atomic E-state index is -0.431. The van der Waals surface area contributed by atoms with Gasteiger partial charge in [-0.1, -0.05) is 20.3 Å². The Bertz CT molecular complexity index is 299. The van der Waals surface area contributed by atoms with Gasteiger partial charge >= 0.3 is 6.09 Å². The van der Waals surface area contributed by atoms with E-state index in [0.717, 1.165) is 19.3 Å². The third kappa shape index (κ3) is 6.12. The Morgan fingerprint density at radius 2 is 1.90 bits per heavy atom. The zero-order chi connectivity index (χ0) is 15.2. The van der Waals surface area contributed by atoms with Crippen molar-refractivity contribution in [3.05, 3.63) is 0 Å². The van der Waals surface area contributed by atoms with E-state index in [0.29, 0.717) is 12.1 Å². The minimum absolute atomic E-state index is 0.204. The molecule has 20 heavy (non-hydrogen) atoms. The van der Waals surface area contributed by atoms with Gasteiger partial charge in [0.25, 0.3) is 0 Å². The van der Waals surface area contributed by atoms with Gasteiger partial charge < -0.3 is 15.4 Å². The average molecular weight is 284 g/mol. The van der Waals surface area contributed by atoms with E-state index in [4.69, 9.17) is 4.74 Å². The lowest BCUT2D eigenvalue weighted by Crippen LogP contribution is -2.50. The predicted octanol–water partition coefficient (Wildman–Crippen LogP) is 3.60. The highest BCUT2D eigenvalue weighted by Crippen LogP contribution is 2.21. The number of alkyl carbamates (subject to hydrolysis) is 1. The smallest absolute Gasteiger partial charge is 0.407 e. The van der Waals surface area contributed by atoms with Gasteiger partial charge in [-0.05, 0) is 52.9 Å². The van der Waals surface area contributed by atoms with Gasteiger partial charge in [-0.25, -0.2) is 4.79 Å². The summed E-state index contributed by atoms with van der Waals surface area (Å²) in [5.41, 5.74) is -0.431. The van der Waals surface area contributed by atoms with Crippen LogP contribution in [0, 0.1) is 0 Å². The first kappa shape index (κ1) is 17.3. The molecule has 2 N–H and O–H groups in total. The van der Waals surface area contributed by atoms with E-state index in [1.54, 1.807) is 0 Å². The summed E-state index contributed by atoms with van der Waals surface area (Å²) < 4.78 is 5.35. The molecule has 1 saturated carbocycles. The maximum atomic E-state index is 11.9. The van der Waals surface area contributed by atoms with Crippen LogP contribution in [0.2, 0.25) is 0 Å². The zero-order valence-corrected chi connectivity index (χ0v) is 13.8. The van der Waals surface area contributed by atoms with Crippen LogP contribution in [0.5, 0.6) is 0 Å². The maximum absolute atomic E-state index is 11.9. The summed E-state index contributed by atoms with van der Waals surface area (Å²) in [6.07, 6.45) is 6.60. The topological polar surface area (TPSA) is 50.4 Å². The Morgan fingerprint density at radius 1 is 1.25 bits per heavy atom. The van der Waals surface area contributed by atoms with Gasteiger partial charge in [-0.3, -0.25) is 0 Å². The van der Waals surface area contributed by atoms with E-state index in [-0.39, 0.29) is 12.1 Å². The number of hydrogen-bond acceptors (Lipinski definition) is 3. The Labute approximate surface area is 124 Å². The number of nitrogens with one attached hydrogen (secondary N) is 2. The quantitative estimate of drug-likeness (QED) is 0.783. The van der Waals surface area contributed by atoms with Gasteiger partial charge in [0.15, 0.2) is 0 Å². The first-order chi connectivity index (χ1) is 9.35. The number of amides is 1. The Balaban J connectivity index is 2.46. The number of carbonyl (C=O) groups excluding carboxylic acids is 1. The molecule has 0 aromatic heterocycles. The third-order valence-corrected chi connectivity index (χ3v) is 3.80. The maximum Gasteiger partial charge on any atom is 0.407 e. The molecule has 1 aliphatic rings. The van der Waals surface area contributed by atoms with E-state index in [1.165, 1.54) is 19.3 Å². The molecule has 3 unspecified atom stereocenters. The summed E-state index contributed by atoms with van der Waals surface area (Å²) in [4.78, 5) is 11.9. The number of hydrogen-bond donors (Lipinski definition) is 2. The molecule has 1 aliphatic carbocycles. The van der Waals surface area contributed by atoms with Crippen molar-refractivity contribution >= 4 is 6.09 Å². The molecule has 0 aromatic rings. The first-order valence-corrected chi connectivity index (χ1v) is 8.11. The normalized spacial score (nSPS) is 24.4. The largest absolute Gasteiger partial charge is 0.444 e. The SMILES string of the molecule is CCCC(CC)NC1CCCC1NC(=O)OC(C)(C)C. The number of ether oxygens (including phenoxy) is 1. The van der Waals surface area contributed by atoms with Gasteiger partial charge in [0.05, 0.1) is 0 Å². The van der Waals surface area contributed by atoms with Crippen molar-refractivity contribution in [1.29, 1.82) is 0 Å². The summed E-state index contributed by atoms with van der Waals surface area (Å²) in [6, 6.07) is 1.15. The van der Waals surface area contributed by atoms with Crippen molar-refractivity contribution in [1.82, 2.24) is 10.6 Å². The molecular weight excluding hydrogens is 252 g/mol. The lowest BCUT2D eigenvalue weighted by atomic mass is 10.1. The van der Waals surface area contributed by atoms with Gasteiger partial charge in [0.2, 0.25) is 0 Å². The molecule has 1 rings (SSSR count). The van der Waals surface area contributed by atoms with Gasteiger partial charge in [0, 0.05) is 18.1 Å². The van der Waals surface area contributed by atoms with Crippen LogP contribution < -0.4 is 10.6 Å². The summed E-state index contributed by atoms with van der Waals surface area (Å²) in [7, 11) is 0. The van der Waals surface area contributed by atoms with Gasteiger partial charge in [0.1, 0.15) is 5.60 Å². The molecule has 0 bridgehead atoms. The van der Waals surface area contributed by atoms with Crippen LogP contribution in [0.4, 0.5) is 4.79 Å². The van der Waals surface area contributed by atoms with E-state index >= 15 is 0 Å². The zero-order valence-electron chi connectivity index (χ0n) is 13.8. The Hall–Kier alpha value is -0.770. The highest BCUT2D eigenvalue weighted by Gasteiger charge is 2.31. The highest BCUT2D eigenvalue weighted by molar-refractivity contribution is 5.68. The molecule has 4 nitrogen and oxygen atoms in total. The lowest BCUT2D eigenvalue weighted by molar-refractivity contribution is 0.0496. The van der Waals surface area contributed by atoms with Crippen molar-refractivity contribution in [2.45, 2.75) is 96.9 Å². The van der Waals surface area contributed by atoms with Gasteiger partial charge in [-0.2, -0.15) is 0 Å². The number of rotatable bonds is 6. The summed E-state index contributed by atoms with van der Waals surface area (Å²) >= 11 is 0. The van der Waals surface area contributed by atoms with E-state index in [9.17, 15) is 4.79 Å². The predicted molar refractivity (Wildman–Crippen MR) is 82.9 cm³/mol. The molecule has 118 valence electrons. The fraction of sp³-hybridized carbons (Fsp3) is 0.938. The summed E-state index contributed by atoms with van der Waals surface area (Å²) in [5.74, 6) is 0. The molecule has 0 aromatic carbocycles. The van der Waals surface area contributed by atoms with E-state index in [1.807, 2.05) is 20.8 Å². The van der Waals surface area contributed by atoms with Crippen molar-refractivity contribution < 1.29 is 9.53 Å². The van der Waals surface area contributed by atoms with Crippen LogP contribution >= 0.6 is 0 Å². The molecule has 1 amide bonds. The van der Waals surface area contributed by atoms with Crippen molar-refractivity contribution in [2.24, 2.45) is 0 Å². The molecule has 4 heteroatoms. The van der Waals surface area contributed by atoms with E-state index in [2.05, 4.69) is 24.5 Å². The van der Waals surface area contributed by atoms with Crippen LogP contribution in [0.15, 0.2) is 0 Å². The van der Waals surface area contributed by atoms with Crippen LogP contribution in [-0.4, -0.2) is 29.8 Å². The Kier molecular flexibility index (Phi) is 6.80. The van der Waals surface area contributed by atoms with Crippen molar-refractivity contribution in [2.75, 3.05) is 0 Å². The van der Waals surface area contributed by atoms with E-state index < -0.39 is 5.60 Å². The lowest BCUT2D eigenvalue weighted by Gasteiger charge is -2.28.